The zero-order valence-corrected chi connectivity index (χ0v) is 14.6. The Morgan fingerprint density at radius 3 is 2.58 bits per heavy atom. The van der Waals surface area contributed by atoms with Crippen LogP contribution < -0.4 is 10.5 Å². The highest BCUT2D eigenvalue weighted by molar-refractivity contribution is 6.30. The number of amides is 1. The van der Waals surface area contributed by atoms with Crippen LogP contribution in [0.5, 0.6) is 5.75 Å². The third-order valence-corrected chi connectivity index (χ3v) is 4.08. The van der Waals surface area contributed by atoms with Crippen molar-refractivity contribution in [1.82, 2.24) is 4.90 Å². The van der Waals surface area contributed by atoms with E-state index in [0.717, 1.165) is 12.0 Å². The van der Waals surface area contributed by atoms with Crippen LogP contribution in [0.1, 0.15) is 11.1 Å². The maximum atomic E-state index is 12.7. The Balaban J connectivity index is 2.04. The molecule has 128 valence electrons. The van der Waals surface area contributed by atoms with Gasteiger partial charge in [-0.2, -0.15) is 0 Å². The van der Waals surface area contributed by atoms with E-state index in [1.54, 1.807) is 30.2 Å². The number of carbonyl (C=O) groups excluding carboxylic acids is 1. The molecule has 2 N–H and O–H groups in total. The van der Waals surface area contributed by atoms with Gasteiger partial charge >= 0.3 is 0 Å². The number of ether oxygens (including phenoxy) is 1. The van der Waals surface area contributed by atoms with Crippen LogP contribution in [-0.4, -0.2) is 37.6 Å². The van der Waals surface area contributed by atoms with Gasteiger partial charge in [0.25, 0.3) is 0 Å². The highest BCUT2D eigenvalue weighted by Crippen LogP contribution is 2.23. The van der Waals surface area contributed by atoms with Crippen LogP contribution >= 0.6 is 11.6 Å². The van der Waals surface area contributed by atoms with Gasteiger partial charge in [-0.15, -0.1) is 0 Å². The highest BCUT2D eigenvalue weighted by Gasteiger charge is 2.16. The number of rotatable bonds is 8. The van der Waals surface area contributed by atoms with Crippen LogP contribution in [0.25, 0.3) is 0 Å². The minimum Gasteiger partial charge on any atom is -0.496 e. The number of halogens is 1. The Labute approximate surface area is 148 Å². The summed E-state index contributed by atoms with van der Waals surface area (Å²) in [7, 11) is 1.59. The lowest BCUT2D eigenvalue weighted by atomic mass is 10.1. The number of carbonyl (C=O) groups is 1. The van der Waals surface area contributed by atoms with E-state index in [2.05, 4.69) is 12.1 Å². The van der Waals surface area contributed by atoms with Crippen LogP contribution in [0, 0.1) is 0 Å². The summed E-state index contributed by atoms with van der Waals surface area (Å²) in [5.41, 5.74) is 7.66. The number of nitrogens with zero attached hydrogens (tertiary/aromatic N) is 1. The van der Waals surface area contributed by atoms with Gasteiger partial charge in [-0.1, -0.05) is 41.9 Å². The molecule has 0 aliphatic heterocycles. The normalized spacial score (nSPS) is 10.5. The van der Waals surface area contributed by atoms with Gasteiger partial charge in [0.1, 0.15) is 5.75 Å². The van der Waals surface area contributed by atoms with E-state index >= 15 is 0 Å². The van der Waals surface area contributed by atoms with Crippen molar-refractivity contribution in [2.75, 3.05) is 26.7 Å². The number of benzene rings is 2. The molecule has 0 fully saturated rings. The fourth-order valence-corrected chi connectivity index (χ4v) is 2.78. The minimum atomic E-state index is 0.0250. The molecule has 0 bridgehead atoms. The lowest BCUT2D eigenvalue weighted by molar-refractivity contribution is -0.130. The van der Waals surface area contributed by atoms with E-state index in [9.17, 15) is 4.79 Å². The van der Waals surface area contributed by atoms with Crippen molar-refractivity contribution in [3.8, 4) is 5.75 Å². The first kappa shape index (κ1) is 18.3. The predicted molar refractivity (Wildman–Crippen MR) is 97.5 cm³/mol. The zero-order chi connectivity index (χ0) is 17.4. The van der Waals surface area contributed by atoms with Crippen LogP contribution in [0.3, 0.4) is 0 Å². The molecule has 2 aromatic rings. The smallest absolute Gasteiger partial charge is 0.227 e. The molecule has 0 saturated heterocycles. The first-order valence-electron chi connectivity index (χ1n) is 7.98. The van der Waals surface area contributed by atoms with E-state index < -0.39 is 0 Å². The molecule has 0 aliphatic rings. The standard InChI is InChI=1S/C19H23ClN2O2/c1-24-18-8-7-17(20)13-16(18)14-19(23)22(12-10-21)11-9-15-5-3-2-4-6-15/h2-8,13H,9-12,14,21H2,1H3. The van der Waals surface area contributed by atoms with Crippen molar-refractivity contribution in [2.24, 2.45) is 5.73 Å². The van der Waals surface area contributed by atoms with Gasteiger partial charge in [-0.25, -0.2) is 0 Å². The van der Waals surface area contributed by atoms with E-state index in [1.807, 2.05) is 18.2 Å². The van der Waals surface area contributed by atoms with Gasteiger partial charge in [-0.05, 0) is 30.2 Å². The quantitative estimate of drug-likeness (QED) is 0.799. The molecular formula is C19H23ClN2O2. The van der Waals surface area contributed by atoms with Gasteiger partial charge in [0, 0.05) is 30.2 Å². The van der Waals surface area contributed by atoms with E-state index in [4.69, 9.17) is 22.1 Å². The van der Waals surface area contributed by atoms with Gasteiger partial charge in [-0.3, -0.25) is 4.79 Å². The summed E-state index contributed by atoms with van der Waals surface area (Å²) in [5, 5.41) is 0.591. The van der Waals surface area contributed by atoms with Crippen LogP contribution in [0.15, 0.2) is 48.5 Å². The maximum Gasteiger partial charge on any atom is 0.227 e. The molecule has 1 amide bonds. The van der Waals surface area contributed by atoms with E-state index in [0.29, 0.717) is 30.4 Å². The molecule has 0 unspecified atom stereocenters. The summed E-state index contributed by atoms with van der Waals surface area (Å²) in [6, 6.07) is 15.4. The molecule has 0 saturated carbocycles. The molecular weight excluding hydrogens is 324 g/mol. The van der Waals surface area contributed by atoms with Gasteiger partial charge in [0.05, 0.1) is 13.5 Å². The van der Waals surface area contributed by atoms with Crippen LogP contribution in [0.2, 0.25) is 5.02 Å². The Hall–Kier alpha value is -2.04. The highest BCUT2D eigenvalue weighted by atomic mass is 35.5. The molecule has 5 heteroatoms. The summed E-state index contributed by atoms with van der Waals surface area (Å²) in [4.78, 5) is 14.5. The molecule has 24 heavy (non-hydrogen) atoms. The largest absolute Gasteiger partial charge is 0.496 e. The van der Waals surface area contributed by atoms with Gasteiger partial charge < -0.3 is 15.4 Å². The van der Waals surface area contributed by atoms with Gasteiger partial charge in [0.2, 0.25) is 5.91 Å². The summed E-state index contributed by atoms with van der Waals surface area (Å²) in [6.45, 7) is 1.62. The van der Waals surface area contributed by atoms with Gasteiger partial charge in [0.15, 0.2) is 0 Å². The second-order valence-corrected chi connectivity index (χ2v) is 5.97. The third-order valence-electron chi connectivity index (χ3n) is 3.85. The molecule has 2 aromatic carbocycles. The molecule has 2 rings (SSSR count). The minimum absolute atomic E-state index is 0.0250. The maximum absolute atomic E-state index is 12.7. The lowest BCUT2D eigenvalue weighted by Gasteiger charge is -2.22. The monoisotopic (exact) mass is 346 g/mol. The second-order valence-electron chi connectivity index (χ2n) is 5.54. The van der Waals surface area contributed by atoms with Crippen LogP contribution in [0.4, 0.5) is 0 Å². The number of nitrogens with two attached hydrogens (primary N) is 1. The molecule has 0 spiro atoms. The average molecular weight is 347 g/mol. The number of hydrogen-bond donors (Lipinski definition) is 1. The van der Waals surface area contributed by atoms with E-state index in [1.165, 1.54) is 5.56 Å². The number of methoxy groups -OCH3 is 1. The van der Waals surface area contributed by atoms with E-state index in [-0.39, 0.29) is 12.3 Å². The third kappa shape index (κ3) is 5.25. The first-order chi connectivity index (χ1) is 11.6. The molecule has 0 heterocycles. The second kappa shape index (κ2) is 9.30. The fourth-order valence-electron chi connectivity index (χ4n) is 2.59. The summed E-state index contributed by atoms with van der Waals surface area (Å²) >= 11 is 6.04. The molecule has 0 aliphatic carbocycles. The van der Waals surface area contributed by atoms with Crippen molar-refractivity contribution < 1.29 is 9.53 Å². The van der Waals surface area contributed by atoms with Crippen molar-refractivity contribution in [3.63, 3.8) is 0 Å². The van der Waals surface area contributed by atoms with Crippen molar-refractivity contribution in [3.05, 3.63) is 64.7 Å². The SMILES string of the molecule is COc1ccc(Cl)cc1CC(=O)N(CCN)CCc1ccccc1. The molecule has 0 radical (unpaired) electrons. The Morgan fingerprint density at radius 2 is 1.92 bits per heavy atom. The zero-order valence-electron chi connectivity index (χ0n) is 13.9. The summed E-state index contributed by atoms with van der Waals surface area (Å²) in [5.74, 6) is 0.695. The van der Waals surface area contributed by atoms with Crippen LogP contribution in [-0.2, 0) is 17.6 Å². The first-order valence-corrected chi connectivity index (χ1v) is 8.36. The molecule has 4 nitrogen and oxygen atoms in total. The fraction of sp³-hybridized carbons (Fsp3) is 0.316. The number of hydrogen-bond acceptors (Lipinski definition) is 3. The topological polar surface area (TPSA) is 55.6 Å². The molecule has 0 aromatic heterocycles. The lowest BCUT2D eigenvalue weighted by Crippen LogP contribution is -2.37. The Bertz CT molecular complexity index is 662. The van der Waals surface area contributed by atoms with Crippen molar-refractivity contribution in [1.29, 1.82) is 0 Å². The Kier molecular flexibility index (Phi) is 7.09. The predicted octanol–water partition coefficient (Wildman–Crippen LogP) is 2.92. The Morgan fingerprint density at radius 1 is 1.17 bits per heavy atom. The average Bonchev–Trinajstić information content (AvgIpc) is 2.59. The molecule has 0 atom stereocenters. The van der Waals surface area contributed by atoms with Crippen molar-refractivity contribution in [2.45, 2.75) is 12.8 Å². The summed E-state index contributed by atoms with van der Waals surface area (Å²) < 4.78 is 5.32. The summed E-state index contributed by atoms with van der Waals surface area (Å²) in [6.07, 6.45) is 1.05. The van der Waals surface area contributed by atoms with Crippen molar-refractivity contribution >= 4 is 17.5 Å².